The number of esters is 1. The number of rotatable bonds is 6. The van der Waals surface area contributed by atoms with E-state index in [1.165, 1.54) is 7.11 Å². The summed E-state index contributed by atoms with van der Waals surface area (Å²) in [5.74, 6) is 0.209. The molecular weight excluding hydrogens is 354 g/mol. The Labute approximate surface area is 154 Å². The fourth-order valence-corrected chi connectivity index (χ4v) is 3.02. The molecule has 0 fully saturated rings. The lowest BCUT2D eigenvalue weighted by Gasteiger charge is -2.11. The molecule has 26 heavy (non-hydrogen) atoms. The topological polar surface area (TPSA) is 94.3 Å². The molecule has 7 nitrogen and oxygen atoms in total. The Morgan fingerprint density at radius 2 is 2.12 bits per heavy atom. The number of ether oxygens (including phenoxy) is 1. The molecule has 8 heteroatoms. The van der Waals surface area contributed by atoms with E-state index in [4.69, 9.17) is 9.15 Å². The fourth-order valence-electron chi connectivity index (χ4n) is 2.39. The van der Waals surface area contributed by atoms with Gasteiger partial charge in [0, 0.05) is 29.5 Å². The highest BCUT2D eigenvalue weighted by Crippen LogP contribution is 2.22. The number of hydrogen-bond acceptors (Lipinski definition) is 7. The van der Waals surface area contributed by atoms with Gasteiger partial charge in [0.15, 0.2) is 0 Å². The molecule has 0 aliphatic heterocycles. The molecule has 3 rings (SSSR count). The lowest BCUT2D eigenvalue weighted by molar-refractivity contribution is -0.116. The monoisotopic (exact) mass is 371 g/mol. The van der Waals surface area contributed by atoms with Crippen molar-refractivity contribution in [2.75, 3.05) is 12.4 Å². The lowest BCUT2D eigenvalue weighted by atomic mass is 10.1. The van der Waals surface area contributed by atoms with Crippen LogP contribution in [0.25, 0.3) is 11.5 Å². The van der Waals surface area contributed by atoms with E-state index in [1.807, 2.05) is 16.8 Å². The number of hydrogen-bond donors (Lipinski definition) is 1. The van der Waals surface area contributed by atoms with Crippen LogP contribution in [0.3, 0.4) is 0 Å². The van der Waals surface area contributed by atoms with E-state index in [0.29, 0.717) is 35.0 Å². The van der Waals surface area contributed by atoms with E-state index in [9.17, 15) is 9.59 Å². The van der Waals surface area contributed by atoms with Gasteiger partial charge in [0.1, 0.15) is 0 Å². The quantitative estimate of drug-likeness (QED) is 0.667. The van der Waals surface area contributed by atoms with Crippen molar-refractivity contribution in [2.45, 2.75) is 19.8 Å². The van der Waals surface area contributed by atoms with Crippen LogP contribution in [0.4, 0.5) is 5.69 Å². The number of anilines is 1. The maximum absolute atomic E-state index is 12.2. The zero-order valence-electron chi connectivity index (χ0n) is 14.3. The summed E-state index contributed by atoms with van der Waals surface area (Å²) in [6.45, 7) is 1.76. The van der Waals surface area contributed by atoms with E-state index >= 15 is 0 Å². The molecule has 0 unspecified atom stereocenters. The molecule has 134 valence electrons. The maximum Gasteiger partial charge on any atom is 0.338 e. The summed E-state index contributed by atoms with van der Waals surface area (Å²) >= 11 is 1.54. The number of carbonyl (C=O) groups is 2. The second kappa shape index (κ2) is 7.92. The third kappa shape index (κ3) is 3.97. The van der Waals surface area contributed by atoms with Crippen LogP contribution >= 0.6 is 11.3 Å². The highest BCUT2D eigenvalue weighted by Gasteiger charge is 2.14. The molecule has 0 aliphatic rings. The molecule has 0 bridgehead atoms. The number of nitrogens with one attached hydrogen (secondary N) is 1. The van der Waals surface area contributed by atoms with E-state index in [1.54, 1.807) is 36.5 Å². The van der Waals surface area contributed by atoms with Crippen LogP contribution in [0.2, 0.25) is 0 Å². The largest absolute Gasteiger partial charge is 0.465 e. The summed E-state index contributed by atoms with van der Waals surface area (Å²) < 4.78 is 10.3. The Morgan fingerprint density at radius 1 is 1.27 bits per heavy atom. The number of amides is 1. The van der Waals surface area contributed by atoms with Crippen LogP contribution in [0.5, 0.6) is 0 Å². The van der Waals surface area contributed by atoms with E-state index in [2.05, 4.69) is 15.5 Å². The van der Waals surface area contributed by atoms with Crippen molar-refractivity contribution in [1.29, 1.82) is 0 Å². The van der Waals surface area contributed by atoms with Gasteiger partial charge in [-0.05, 0) is 36.1 Å². The van der Waals surface area contributed by atoms with Crippen LogP contribution < -0.4 is 5.32 Å². The number of aryl methyl sites for hydroxylation is 1. The SMILES string of the molecule is COC(=O)c1cccc(NC(=O)CCc2nnc(-c3ccsc3)o2)c1C. The predicted octanol–water partition coefficient (Wildman–Crippen LogP) is 3.46. The van der Waals surface area contributed by atoms with Crippen molar-refractivity contribution in [3.05, 3.63) is 52.0 Å². The van der Waals surface area contributed by atoms with Crippen molar-refractivity contribution < 1.29 is 18.7 Å². The molecule has 0 saturated heterocycles. The minimum absolute atomic E-state index is 0.188. The Hall–Kier alpha value is -3.00. The summed E-state index contributed by atoms with van der Waals surface area (Å²) in [7, 11) is 1.32. The zero-order chi connectivity index (χ0) is 18.5. The second-order valence-corrected chi connectivity index (χ2v) is 6.31. The first-order chi connectivity index (χ1) is 12.6. The zero-order valence-corrected chi connectivity index (χ0v) is 15.1. The van der Waals surface area contributed by atoms with Crippen molar-refractivity contribution in [1.82, 2.24) is 10.2 Å². The van der Waals surface area contributed by atoms with Crippen LogP contribution in [-0.2, 0) is 16.0 Å². The van der Waals surface area contributed by atoms with Crippen molar-refractivity contribution in [2.24, 2.45) is 0 Å². The molecule has 3 aromatic rings. The summed E-state index contributed by atoms with van der Waals surface area (Å²) in [6, 6.07) is 6.98. The van der Waals surface area contributed by atoms with Gasteiger partial charge < -0.3 is 14.5 Å². The maximum atomic E-state index is 12.2. The summed E-state index contributed by atoms with van der Waals surface area (Å²) in [4.78, 5) is 23.9. The van der Waals surface area contributed by atoms with Gasteiger partial charge in [-0.3, -0.25) is 4.79 Å². The van der Waals surface area contributed by atoms with Crippen LogP contribution in [0, 0.1) is 6.92 Å². The second-order valence-electron chi connectivity index (χ2n) is 5.53. The smallest absolute Gasteiger partial charge is 0.338 e. The van der Waals surface area contributed by atoms with Gasteiger partial charge >= 0.3 is 5.97 Å². The first kappa shape index (κ1) is 17.8. The number of nitrogens with zero attached hydrogens (tertiary/aromatic N) is 2. The van der Waals surface area contributed by atoms with Crippen molar-refractivity contribution in [3.63, 3.8) is 0 Å². The Morgan fingerprint density at radius 3 is 2.85 bits per heavy atom. The Bertz CT molecular complexity index is 918. The first-order valence-electron chi connectivity index (χ1n) is 7.91. The molecule has 1 aromatic carbocycles. The van der Waals surface area contributed by atoms with Crippen LogP contribution in [-0.4, -0.2) is 29.2 Å². The predicted molar refractivity (Wildman–Crippen MR) is 97.1 cm³/mol. The molecule has 0 spiro atoms. The Kier molecular flexibility index (Phi) is 5.43. The molecular formula is C18H17N3O4S. The summed E-state index contributed by atoms with van der Waals surface area (Å²) in [6.07, 6.45) is 0.520. The standard InChI is InChI=1S/C18H17N3O4S/c1-11-13(18(23)24-2)4-3-5-14(11)19-15(22)6-7-16-20-21-17(25-16)12-8-9-26-10-12/h3-5,8-10H,6-7H2,1-2H3,(H,19,22). The van der Waals surface area contributed by atoms with Gasteiger partial charge in [-0.2, -0.15) is 11.3 Å². The minimum atomic E-state index is -0.439. The number of benzene rings is 1. The van der Waals surface area contributed by atoms with Gasteiger partial charge in [0.05, 0.1) is 12.7 Å². The van der Waals surface area contributed by atoms with Gasteiger partial charge in [0.25, 0.3) is 0 Å². The minimum Gasteiger partial charge on any atom is -0.465 e. The van der Waals surface area contributed by atoms with E-state index in [0.717, 1.165) is 5.56 Å². The number of carbonyl (C=O) groups excluding carboxylic acids is 2. The molecule has 2 aromatic heterocycles. The fraction of sp³-hybridized carbons (Fsp3) is 0.222. The Balaban J connectivity index is 1.61. The van der Waals surface area contributed by atoms with Gasteiger partial charge in [-0.1, -0.05) is 6.07 Å². The van der Waals surface area contributed by atoms with E-state index < -0.39 is 5.97 Å². The summed E-state index contributed by atoms with van der Waals surface area (Å²) in [5.41, 5.74) is 2.52. The lowest BCUT2D eigenvalue weighted by Crippen LogP contribution is -2.15. The molecule has 1 N–H and O–H groups in total. The average molecular weight is 371 g/mol. The van der Waals surface area contributed by atoms with Crippen molar-refractivity contribution in [3.8, 4) is 11.5 Å². The average Bonchev–Trinajstić information content (AvgIpc) is 3.32. The number of aromatic nitrogens is 2. The first-order valence-corrected chi connectivity index (χ1v) is 8.85. The summed E-state index contributed by atoms with van der Waals surface area (Å²) in [5, 5.41) is 14.6. The molecule has 1 amide bonds. The number of thiophene rings is 1. The van der Waals surface area contributed by atoms with Gasteiger partial charge in [-0.25, -0.2) is 4.79 Å². The third-order valence-corrected chi connectivity index (χ3v) is 4.50. The molecule has 2 heterocycles. The number of methoxy groups -OCH3 is 1. The van der Waals surface area contributed by atoms with Crippen molar-refractivity contribution >= 4 is 28.9 Å². The molecule has 0 atom stereocenters. The van der Waals surface area contributed by atoms with E-state index in [-0.39, 0.29) is 12.3 Å². The van der Waals surface area contributed by atoms with Gasteiger partial charge in [-0.15, -0.1) is 10.2 Å². The highest BCUT2D eigenvalue weighted by atomic mass is 32.1. The van der Waals surface area contributed by atoms with Crippen LogP contribution in [0.1, 0.15) is 28.2 Å². The van der Waals surface area contributed by atoms with Crippen LogP contribution in [0.15, 0.2) is 39.4 Å². The third-order valence-electron chi connectivity index (χ3n) is 3.81. The van der Waals surface area contributed by atoms with Gasteiger partial charge in [0.2, 0.25) is 17.7 Å². The highest BCUT2D eigenvalue weighted by molar-refractivity contribution is 7.08. The molecule has 0 saturated carbocycles. The molecule has 0 aliphatic carbocycles. The molecule has 0 radical (unpaired) electrons. The normalized spacial score (nSPS) is 10.5.